The summed E-state index contributed by atoms with van der Waals surface area (Å²) < 4.78 is 1.00. The van der Waals surface area contributed by atoms with E-state index in [9.17, 15) is 4.79 Å². The van der Waals surface area contributed by atoms with Crippen LogP contribution in [0.3, 0.4) is 0 Å². The van der Waals surface area contributed by atoms with Gasteiger partial charge in [-0.15, -0.1) is 11.6 Å². The fraction of sp³-hybridized carbons (Fsp3) is 0.176. The van der Waals surface area contributed by atoms with Crippen molar-refractivity contribution in [3.8, 4) is 0 Å². The number of hydrogen-bond acceptors (Lipinski definition) is 2. The van der Waals surface area contributed by atoms with E-state index in [0.717, 1.165) is 21.3 Å². The lowest BCUT2D eigenvalue weighted by molar-refractivity contribution is -0.130. The van der Waals surface area contributed by atoms with Gasteiger partial charge in [-0.2, -0.15) is 5.10 Å². The summed E-state index contributed by atoms with van der Waals surface area (Å²) in [5.74, 6) is -0.306. The second kappa shape index (κ2) is 7.04. The SMILES string of the molecule is O=C(CCl)N1N=C(c2ccc(Br)cc2)CC1c1ccc(Cl)cc1. The molecule has 118 valence electrons. The Morgan fingerprint density at radius 3 is 2.43 bits per heavy atom. The summed E-state index contributed by atoms with van der Waals surface area (Å²) in [6, 6.07) is 15.2. The Morgan fingerprint density at radius 2 is 1.83 bits per heavy atom. The molecule has 0 saturated carbocycles. The van der Waals surface area contributed by atoms with Crippen molar-refractivity contribution >= 4 is 50.8 Å². The lowest BCUT2D eigenvalue weighted by Gasteiger charge is -2.21. The molecule has 0 spiro atoms. The molecule has 0 bridgehead atoms. The minimum Gasteiger partial charge on any atom is -0.272 e. The summed E-state index contributed by atoms with van der Waals surface area (Å²) >= 11 is 15.1. The third kappa shape index (κ3) is 3.60. The summed E-state index contributed by atoms with van der Waals surface area (Å²) in [6.45, 7) is 0. The number of amides is 1. The standard InChI is InChI=1S/C17H13BrCl2N2O/c18-13-5-1-11(2-6-13)15-9-16(22(21-15)17(23)10-19)12-3-7-14(20)8-4-12/h1-8,16H,9-10H2. The molecule has 23 heavy (non-hydrogen) atoms. The van der Waals surface area contributed by atoms with Crippen molar-refractivity contribution < 1.29 is 4.79 Å². The molecule has 2 aromatic rings. The fourth-order valence-electron chi connectivity index (χ4n) is 2.56. The van der Waals surface area contributed by atoms with E-state index in [2.05, 4.69) is 21.0 Å². The van der Waals surface area contributed by atoms with E-state index >= 15 is 0 Å². The van der Waals surface area contributed by atoms with Crippen LogP contribution in [-0.2, 0) is 4.79 Å². The van der Waals surface area contributed by atoms with Crippen LogP contribution in [0.4, 0.5) is 0 Å². The highest BCUT2D eigenvalue weighted by atomic mass is 79.9. The van der Waals surface area contributed by atoms with E-state index in [-0.39, 0.29) is 17.8 Å². The predicted octanol–water partition coefficient (Wildman–Crippen LogP) is 5.02. The second-order valence-electron chi connectivity index (χ2n) is 5.20. The monoisotopic (exact) mass is 410 g/mol. The zero-order valence-electron chi connectivity index (χ0n) is 12.0. The summed E-state index contributed by atoms with van der Waals surface area (Å²) in [6.07, 6.45) is 0.645. The number of rotatable bonds is 3. The maximum absolute atomic E-state index is 12.1. The first-order chi connectivity index (χ1) is 11.1. The fourth-order valence-corrected chi connectivity index (χ4v) is 3.08. The molecule has 1 amide bonds. The Bertz CT molecular complexity index is 744. The lowest BCUT2D eigenvalue weighted by Crippen LogP contribution is -2.27. The van der Waals surface area contributed by atoms with E-state index in [1.807, 2.05) is 48.5 Å². The van der Waals surface area contributed by atoms with Gasteiger partial charge in [-0.3, -0.25) is 4.79 Å². The number of benzene rings is 2. The first kappa shape index (κ1) is 16.5. The molecular weight excluding hydrogens is 399 g/mol. The van der Waals surface area contributed by atoms with Gasteiger partial charge in [-0.05, 0) is 35.4 Å². The normalized spacial score (nSPS) is 17.3. The van der Waals surface area contributed by atoms with Gasteiger partial charge in [0.15, 0.2) is 0 Å². The third-order valence-corrected chi connectivity index (χ3v) is 4.72. The zero-order chi connectivity index (χ0) is 16.4. The van der Waals surface area contributed by atoms with Gasteiger partial charge in [-0.25, -0.2) is 5.01 Å². The summed E-state index contributed by atoms with van der Waals surface area (Å²) in [5.41, 5.74) is 2.86. The summed E-state index contributed by atoms with van der Waals surface area (Å²) in [7, 11) is 0. The smallest absolute Gasteiger partial charge is 0.258 e. The maximum atomic E-state index is 12.1. The molecule has 1 heterocycles. The Balaban J connectivity index is 1.93. The molecule has 3 nitrogen and oxygen atoms in total. The maximum Gasteiger partial charge on any atom is 0.258 e. The Morgan fingerprint density at radius 1 is 1.17 bits per heavy atom. The molecule has 1 aliphatic rings. The number of nitrogens with zero attached hydrogens (tertiary/aromatic N) is 2. The Hall–Kier alpha value is -1.36. The van der Waals surface area contributed by atoms with Crippen LogP contribution in [0.2, 0.25) is 5.02 Å². The minimum absolute atomic E-state index is 0.0960. The van der Waals surface area contributed by atoms with Gasteiger partial charge in [0.25, 0.3) is 5.91 Å². The first-order valence-electron chi connectivity index (χ1n) is 7.05. The molecule has 3 rings (SSSR count). The number of carbonyl (C=O) groups excluding carboxylic acids is 1. The van der Waals surface area contributed by atoms with Gasteiger partial charge in [0.1, 0.15) is 5.88 Å². The second-order valence-corrected chi connectivity index (χ2v) is 6.82. The van der Waals surface area contributed by atoms with E-state index in [0.29, 0.717) is 11.4 Å². The molecule has 1 unspecified atom stereocenters. The van der Waals surface area contributed by atoms with E-state index < -0.39 is 0 Å². The summed E-state index contributed by atoms with van der Waals surface area (Å²) in [4.78, 5) is 12.1. The van der Waals surface area contributed by atoms with Crippen molar-refractivity contribution in [1.29, 1.82) is 0 Å². The molecule has 0 aromatic heterocycles. The molecule has 0 aliphatic carbocycles. The van der Waals surface area contributed by atoms with Gasteiger partial charge < -0.3 is 0 Å². The topological polar surface area (TPSA) is 32.7 Å². The highest BCUT2D eigenvalue weighted by Gasteiger charge is 2.32. The predicted molar refractivity (Wildman–Crippen MR) is 97.1 cm³/mol. The first-order valence-corrected chi connectivity index (χ1v) is 8.76. The zero-order valence-corrected chi connectivity index (χ0v) is 15.1. The molecular formula is C17H13BrCl2N2O. The van der Waals surface area contributed by atoms with Crippen molar-refractivity contribution in [3.63, 3.8) is 0 Å². The van der Waals surface area contributed by atoms with Gasteiger partial charge in [0, 0.05) is 15.9 Å². The van der Waals surface area contributed by atoms with Gasteiger partial charge in [0.05, 0.1) is 11.8 Å². The van der Waals surface area contributed by atoms with Crippen LogP contribution < -0.4 is 0 Å². The molecule has 0 N–H and O–H groups in total. The van der Waals surface area contributed by atoms with Crippen LogP contribution >= 0.6 is 39.1 Å². The van der Waals surface area contributed by atoms with E-state index in [1.165, 1.54) is 5.01 Å². The largest absolute Gasteiger partial charge is 0.272 e. The number of halogens is 3. The van der Waals surface area contributed by atoms with Crippen molar-refractivity contribution in [3.05, 3.63) is 69.2 Å². The Kier molecular flexibility index (Phi) is 5.05. The Labute approximate surface area is 153 Å². The van der Waals surface area contributed by atoms with Crippen molar-refractivity contribution in [2.45, 2.75) is 12.5 Å². The van der Waals surface area contributed by atoms with E-state index in [1.54, 1.807) is 0 Å². The highest BCUT2D eigenvalue weighted by molar-refractivity contribution is 9.10. The average molecular weight is 412 g/mol. The molecule has 0 fully saturated rings. The van der Waals surface area contributed by atoms with Gasteiger partial charge in [0.2, 0.25) is 0 Å². The quantitative estimate of drug-likeness (QED) is 0.652. The number of carbonyl (C=O) groups is 1. The highest BCUT2D eigenvalue weighted by Crippen LogP contribution is 2.33. The van der Waals surface area contributed by atoms with Crippen molar-refractivity contribution in [1.82, 2.24) is 5.01 Å². The van der Waals surface area contributed by atoms with Crippen LogP contribution in [0.15, 0.2) is 58.1 Å². The van der Waals surface area contributed by atoms with Crippen molar-refractivity contribution in [2.75, 3.05) is 5.88 Å². The van der Waals surface area contributed by atoms with Crippen molar-refractivity contribution in [2.24, 2.45) is 5.10 Å². The lowest BCUT2D eigenvalue weighted by atomic mass is 9.98. The number of hydrazone groups is 1. The van der Waals surface area contributed by atoms with Gasteiger partial charge in [-0.1, -0.05) is 51.8 Å². The van der Waals surface area contributed by atoms with E-state index in [4.69, 9.17) is 23.2 Å². The van der Waals surface area contributed by atoms with Crippen LogP contribution in [-0.4, -0.2) is 22.5 Å². The van der Waals surface area contributed by atoms with Crippen LogP contribution in [0.5, 0.6) is 0 Å². The number of hydrogen-bond donors (Lipinski definition) is 0. The third-order valence-electron chi connectivity index (χ3n) is 3.71. The van der Waals surface area contributed by atoms with Crippen LogP contribution in [0.25, 0.3) is 0 Å². The number of alkyl halides is 1. The molecule has 0 saturated heterocycles. The summed E-state index contributed by atoms with van der Waals surface area (Å²) in [5, 5.41) is 6.65. The van der Waals surface area contributed by atoms with Crippen LogP contribution in [0.1, 0.15) is 23.6 Å². The van der Waals surface area contributed by atoms with Gasteiger partial charge >= 0.3 is 0 Å². The molecule has 0 radical (unpaired) electrons. The van der Waals surface area contributed by atoms with Crippen LogP contribution in [0, 0.1) is 0 Å². The molecule has 2 aromatic carbocycles. The average Bonchev–Trinajstić information content (AvgIpc) is 3.00. The molecule has 1 atom stereocenters. The molecule has 6 heteroatoms. The molecule has 1 aliphatic heterocycles. The minimum atomic E-state index is -0.210.